The number of carbonyl (C=O) groups excluding carboxylic acids is 3. The van der Waals surface area contributed by atoms with Crippen molar-refractivity contribution in [2.75, 3.05) is 13.1 Å². The summed E-state index contributed by atoms with van der Waals surface area (Å²) in [6.45, 7) is 8.24. The fraction of sp³-hybridized carbons (Fsp3) is 0.308. The van der Waals surface area contributed by atoms with Crippen LogP contribution in [0.5, 0.6) is 11.5 Å². The van der Waals surface area contributed by atoms with Gasteiger partial charge in [0.1, 0.15) is 17.1 Å². The minimum Gasteiger partial charge on any atom is -0.459 e. The van der Waals surface area contributed by atoms with Crippen LogP contribution in [-0.4, -0.2) is 36.6 Å². The highest BCUT2D eigenvalue weighted by Crippen LogP contribution is 2.39. The number of benzene rings is 4. The molecular formula is C39H36I6NO6+. The molecule has 0 saturated carbocycles. The highest BCUT2D eigenvalue weighted by molar-refractivity contribution is 14.1. The first-order chi connectivity index (χ1) is 24.6. The highest BCUT2D eigenvalue weighted by atomic mass is 127. The number of ether oxygens (including phenoxy) is 3. The number of nitrogens with two attached hydrogens (primary N) is 1. The molecule has 1 saturated heterocycles. The Morgan fingerprint density at radius 2 is 1.10 bits per heavy atom. The molecule has 0 bridgehead atoms. The van der Waals surface area contributed by atoms with Crippen molar-refractivity contribution in [3.05, 3.63) is 116 Å². The minimum atomic E-state index is -0.629. The second-order valence-corrected chi connectivity index (χ2v) is 20.3. The molecule has 274 valence electrons. The molecule has 0 aromatic heterocycles. The van der Waals surface area contributed by atoms with Gasteiger partial charge in [0.2, 0.25) is 0 Å². The SMILES string of the molecule is CC(CCC(=O)OC(C)(C)C1CC[NH2+]CC1)(c1ccc(OC(=O)c2cc(I)cc(I)c2I)cc1)c1ccc(OC(=O)c2cc(I)cc(I)c2I)cc1. The van der Waals surface area contributed by atoms with Crippen molar-refractivity contribution in [1.29, 1.82) is 0 Å². The van der Waals surface area contributed by atoms with E-state index in [1.807, 2.05) is 62.4 Å². The second-order valence-electron chi connectivity index (χ2n) is 13.4. The summed E-state index contributed by atoms with van der Waals surface area (Å²) in [6.07, 6.45) is 2.72. The van der Waals surface area contributed by atoms with E-state index in [9.17, 15) is 14.4 Å². The molecular weight excluding hydrogens is 1340 g/mol. The number of piperidine rings is 1. The van der Waals surface area contributed by atoms with E-state index in [2.05, 4.69) is 148 Å². The van der Waals surface area contributed by atoms with Crippen molar-refractivity contribution in [2.45, 2.75) is 57.5 Å². The molecule has 4 aromatic carbocycles. The lowest BCUT2D eigenvalue weighted by atomic mass is 9.73. The van der Waals surface area contributed by atoms with E-state index in [4.69, 9.17) is 14.2 Å². The Bertz CT molecular complexity index is 1840. The Balaban J connectivity index is 1.38. The van der Waals surface area contributed by atoms with E-state index in [-0.39, 0.29) is 12.4 Å². The van der Waals surface area contributed by atoms with E-state index >= 15 is 0 Å². The molecule has 5 rings (SSSR count). The van der Waals surface area contributed by atoms with E-state index in [0.717, 1.165) is 58.5 Å². The number of carbonyl (C=O) groups is 3. The van der Waals surface area contributed by atoms with Crippen molar-refractivity contribution in [1.82, 2.24) is 0 Å². The van der Waals surface area contributed by atoms with E-state index < -0.39 is 23.0 Å². The van der Waals surface area contributed by atoms with Gasteiger partial charge in [-0.25, -0.2) is 9.59 Å². The smallest absolute Gasteiger partial charge is 0.344 e. The Hall–Kier alpha value is -0.370. The maximum absolute atomic E-state index is 13.4. The van der Waals surface area contributed by atoms with Gasteiger partial charge in [0.05, 0.1) is 24.2 Å². The topological polar surface area (TPSA) is 95.5 Å². The predicted octanol–water partition coefficient (Wildman–Crippen LogP) is 10.1. The summed E-state index contributed by atoms with van der Waals surface area (Å²) in [7, 11) is 0. The van der Waals surface area contributed by atoms with Crippen molar-refractivity contribution >= 4 is 153 Å². The fourth-order valence-electron chi connectivity index (χ4n) is 6.37. The number of esters is 3. The summed E-state index contributed by atoms with van der Waals surface area (Å²) >= 11 is 13.2. The van der Waals surface area contributed by atoms with Crippen LogP contribution in [0.1, 0.15) is 78.3 Å². The number of hydrogen-bond donors (Lipinski definition) is 1. The molecule has 0 spiro atoms. The molecule has 52 heavy (non-hydrogen) atoms. The van der Waals surface area contributed by atoms with Crippen molar-refractivity contribution < 1.29 is 33.9 Å². The Morgan fingerprint density at radius 1 is 0.673 bits per heavy atom. The van der Waals surface area contributed by atoms with Gasteiger partial charge >= 0.3 is 17.9 Å². The van der Waals surface area contributed by atoms with Crippen LogP contribution in [0.3, 0.4) is 0 Å². The quantitative estimate of drug-likeness (QED) is 0.0696. The molecule has 13 heteroatoms. The van der Waals surface area contributed by atoms with Crippen molar-refractivity contribution in [2.24, 2.45) is 5.92 Å². The molecule has 1 aliphatic rings. The highest BCUT2D eigenvalue weighted by Gasteiger charge is 2.37. The van der Waals surface area contributed by atoms with Crippen LogP contribution in [0, 0.1) is 27.3 Å². The lowest BCUT2D eigenvalue weighted by molar-refractivity contribution is -0.665. The number of halogens is 6. The van der Waals surface area contributed by atoms with Gasteiger partial charge in [-0.3, -0.25) is 4.79 Å². The normalized spacial score (nSPS) is 13.8. The third-order valence-electron chi connectivity index (χ3n) is 9.46. The summed E-state index contributed by atoms with van der Waals surface area (Å²) in [5, 5.41) is 2.31. The van der Waals surface area contributed by atoms with Crippen LogP contribution in [0.25, 0.3) is 0 Å². The van der Waals surface area contributed by atoms with Gasteiger partial charge in [-0.2, -0.15) is 0 Å². The Morgan fingerprint density at radius 3 is 1.52 bits per heavy atom. The summed E-state index contributed by atoms with van der Waals surface area (Å²) in [6, 6.07) is 22.6. The summed E-state index contributed by atoms with van der Waals surface area (Å²) in [5.74, 6) is 0.109. The molecule has 0 radical (unpaired) electrons. The Labute approximate surface area is 386 Å². The van der Waals surface area contributed by atoms with Crippen LogP contribution in [-0.2, 0) is 14.9 Å². The summed E-state index contributed by atoms with van der Waals surface area (Å²) < 4.78 is 23.3. The van der Waals surface area contributed by atoms with Gasteiger partial charge < -0.3 is 19.5 Å². The number of hydrogen-bond acceptors (Lipinski definition) is 6. The van der Waals surface area contributed by atoms with Crippen molar-refractivity contribution in [3.8, 4) is 11.5 Å². The van der Waals surface area contributed by atoms with Crippen molar-refractivity contribution in [3.63, 3.8) is 0 Å². The van der Waals surface area contributed by atoms with Crippen LogP contribution in [0.15, 0.2) is 72.8 Å². The zero-order valence-electron chi connectivity index (χ0n) is 28.5. The van der Waals surface area contributed by atoms with E-state index in [1.54, 1.807) is 24.3 Å². The largest absolute Gasteiger partial charge is 0.459 e. The van der Waals surface area contributed by atoms with Gasteiger partial charge in [-0.1, -0.05) is 31.2 Å². The first-order valence-corrected chi connectivity index (χ1v) is 23.0. The monoisotopic (exact) mass is 1380 g/mol. The average molecular weight is 1380 g/mol. The van der Waals surface area contributed by atoms with Gasteiger partial charge in [0.15, 0.2) is 0 Å². The molecule has 0 aliphatic carbocycles. The fourth-order valence-corrected chi connectivity index (χ4v) is 11.1. The molecule has 1 aliphatic heterocycles. The molecule has 1 heterocycles. The maximum atomic E-state index is 13.4. The van der Waals surface area contributed by atoms with Crippen LogP contribution in [0.4, 0.5) is 0 Å². The zero-order chi connectivity index (χ0) is 37.8. The van der Waals surface area contributed by atoms with Gasteiger partial charge in [-0.15, -0.1) is 0 Å². The van der Waals surface area contributed by atoms with Crippen LogP contribution in [0.2, 0.25) is 0 Å². The van der Waals surface area contributed by atoms with E-state index in [1.165, 1.54) is 0 Å². The van der Waals surface area contributed by atoms with Gasteiger partial charge in [0, 0.05) is 52.0 Å². The molecule has 7 nitrogen and oxygen atoms in total. The molecule has 0 atom stereocenters. The molecule has 4 aromatic rings. The lowest BCUT2D eigenvalue weighted by Crippen LogP contribution is -2.86. The number of rotatable bonds is 11. The molecule has 0 unspecified atom stereocenters. The van der Waals surface area contributed by atoms with Crippen LogP contribution < -0.4 is 14.8 Å². The number of quaternary nitrogens is 1. The second kappa shape index (κ2) is 18.7. The third kappa shape index (κ3) is 10.7. The first kappa shape index (κ1) is 42.8. The van der Waals surface area contributed by atoms with Crippen LogP contribution >= 0.6 is 136 Å². The predicted molar refractivity (Wildman–Crippen MR) is 252 cm³/mol. The van der Waals surface area contributed by atoms with Gasteiger partial charge in [-0.05, 0) is 215 Å². The lowest BCUT2D eigenvalue weighted by Gasteiger charge is -2.36. The zero-order valence-corrected chi connectivity index (χ0v) is 41.5. The summed E-state index contributed by atoms with van der Waals surface area (Å²) in [5.41, 5.74) is 1.74. The molecule has 0 amide bonds. The van der Waals surface area contributed by atoms with Gasteiger partial charge in [0.25, 0.3) is 0 Å². The minimum absolute atomic E-state index is 0.208. The summed E-state index contributed by atoms with van der Waals surface area (Å²) in [4.78, 5) is 39.8. The Kier molecular flexibility index (Phi) is 15.4. The maximum Gasteiger partial charge on any atom is 0.344 e. The van der Waals surface area contributed by atoms with E-state index in [0.29, 0.717) is 35.0 Å². The average Bonchev–Trinajstić information content (AvgIpc) is 3.11. The first-order valence-electron chi connectivity index (χ1n) is 16.6. The molecule has 2 N–H and O–H groups in total. The standard InChI is InChI=1S/C39H35I6NO6/c1-38(2,22-13-16-46-17-14-22)52-33(47)12-15-39(3,23-4-8-27(9-5-23)50-36(48)29-18-25(40)20-31(42)34(29)44)24-6-10-28(11-7-24)51-37(49)30-19-26(41)21-32(43)35(30)45/h4-11,18-22,46H,12-17H2,1-3H3/p+1. The third-order valence-corrected chi connectivity index (χ3v) is 16.8. The molecule has 1 fully saturated rings.